The molecule has 0 saturated heterocycles. The number of hydrogen-bond donors (Lipinski definition) is 2. The minimum Gasteiger partial charge on any atom is -0.336 e. The monoisotopic (exact) mass is 287 g/mol. The maximum Gasteiger partial charge on any atom is 0.275 e. The van der Waals surface area contributed by atoms with Gasteiger partial charge in [0.25, 0.3) is 5.89 Å². The molecular weight excluding hydrogens is 266 g/mol. The summed E-state index contributed by atoms with van der Waals surface area (Å²) in [6, 6.07) is 0. The number of H-pyrrole nitrogens is 1. The van der Waals surface area contributed by atoms with Gasteiger partial charge in [0.05, 0.1) is 11.7 Å². The molecule has 2 unspecified atom stereocenters. The Morgan fingerprint density at radius 3 is 2.90 bits per heavy atom. The number of imidazole rings is 1. The average molecular weight is 287 g/mol. The lowest BCUT2D eigenvalue weighted by atomic mass is 9.77. The van der Waals surface area contributed by atoms with E-state index >= 15 is 0 Å². The van der Waals surface area contributed by atoms with Crippen LogP contribution in [0.3, 0.4) is 0 Å². The van der Waals surface area contributed by atoms with Gasteiger partial charge in [-0.15, -0.1) is 0 Å². The van der Waals surface area contributed by atoms with Crippen molar-refractivity contribution in [3.63, 3.8) is 0 Å². The number of aromatic amines is 1. The second-order valence-electron chi connectivity index (χ2n) is 6.73. The molecule has 2 aromatic heterocycles. The molecule has 2 atom stereocenters. The van der Waals surface area contributed by atoms with E-state index in [4.69, 9.17) is 10.3 Å². The summed E-state index contributed by atoms with van der Waals surface area (Å²) in [5.41, 5.74) is 6.76. The summed E-state index contributed by atoms with van der Waals surface area (Å²) in [6.45, 7) is 2.28. The van der Waals surface area contributed by atoms with E-state index in [9.17, 15) is 0 Å². The Kier molecular flexibility index (Phi) is 2.89. The SMILES string of the molecule is CC1CCC(c2noc(-c3cnc(C4(N)CCC4)[nH]3)n2)C1. The van der Waals surface area contributed by atoms with Crippen molar-refractivity contribution >= 4 is 0 Å². The highest BCUT2D eigenvalue weighted by Gasteiger charge is 2.37. The van der Waals surface area contributed by atoms with E-state index in [1.54, 1.807) is 6.20 Å². The van der Waals surface area contributed by atoms with Crippen molar-refractivity contribution in [1.82, 2.24) is 20.1 Å². The van der Waals surface area contributed by atoms with Crippen molar-refractivity contribution in [2.45, 2.75) is 56.9 Å². The third-order valence-electron chi connectivity index (χ3n) is 5.03. The summed E-state index contributed by atoms with van der Waals surface area (Å²) < 4.78 is 5.40. The van der Waals surface area contributed by atoms with Crippen LogP contribution in [-0.4, -0.2) is 20.1 Å². The molecule has 0 radical (unpaired) electrons. The van der Waals surface area contributed by atoms with E-state index < -0.39 is 0 Å². The molecule has 112 valence electrons. The van der Waals surface area contributed by atoms with Crippen LogP contribution in [0, 0.1) is 5.92 Å². The van der Waals surface area contributed by atoms with E-state index in [1.165, 1.54) is 6.42 Å². The lowest BCUT2D eigenvalue weighted by molar-refractivity contribution is 0.240. The lowest BCUT2D eigenvalue weighted by Gasteiger charge is -2.35. The third kappa shape index (κ3) is 2.18. The summed E-state index contributed by atoms with van der Waals surface area (Å²) in [7, 11) is 0. The van der Waals surface area contributed by atoms with Crippen molar-refractivity contribution < 1.29 is 4.52 Å². The third-order valence-corrected chi connectivity index (χ3v) is 5.03. The molecule has 3 N–H and O–H groups in total. The minimum absolute atomic E-state index is 0.290. The van der Waals surface area contributed by atoms with Crippen LogP contribution in [0.4, 0.5) is 0 Å². The zero-order valence-corrected chi connectivity index (χ0v) is 12.3. The van der Waals surface area contributed by atoms with Crippen LogP contribution in [0.15, 0.2) is 10.7 Å². The normalized spacial score (nSPS) is 27.7. The van der Waals surface area contributed by atoms with E-state index in [0.717, 1.165) is 55.4 Å². The molecule has 4 rings (SSSR count). The molecule has 0 aromatic carbocycles. The number of nitrogens with two attached hydrogens (primary N) is 1. The van der Waals surface area contributed by atoms with Crippen LogP contribution in [0.5, 0.6) is 0 Å². The topological polar surface area (TPSA) is 93.6 Å². The van der Waals surface area contributed by atoms with Gasteiger partial charge in [-0.1, -0.05) is 12.1 Å². The average Bonchev–Trinajstić information content (AvgIpc) is 3.14. The first-order valence-corrected chi connectivity index (χ1v) is 7.82. The first-order valence-electron chi connectivity index (χ1n) is 7.82. The molecule has 0 amide bonds. The molecule has 6 heteroatoms. The minimum atomic E-state index is -0.290. The molecular formula is C15H21N5O. The summed E-state index contributed by atoms with van der Waals surface area (Å²) in [5, 5.41) is 4.15. The van der Waals surface area contributed by atoms with Crippen molar-refractivity contribution in [3.05, 3.63) is 17.8 Å². The van der Waals surface area contributed by atoms with Gasteiger partial charge in [-0.2, -0.15) is 4.98 Å². The molecule has 21 heavy (non-hydrogen) atoms. The molecule has 2 aliphatic rings. The second kappa shape index (κ2) is 4.66. The smallest absolute Gasteiger partial charge is 0.275 e. The highest BCUT2D eigenvalue weighted by atomic mass is 16.5. The van der Waals surface area contributed by atoms with Gasteiger partial charge in [-0.25, -0.2) is 4.98 Å². The summed E-state index contributed by atoms with van der Waals surface area (Å²) >= 11 is 0. The van der Waals surface area contributed by atoms with Crippen LogP contribution in [0.25, 0.3) is 11.6 Å². The highest BCUT2D eigenvalue weighted by Crippen LogP contribution is 2.39. The summed E-state index contributed by atoms with van der Waals surface area (Å²) in [5.74, 6) is 3.37. The van der Waals surface area contributed by atoms with Crippen molar-refractivity contribution in [1.29, 1.82) is 0 Å². The number of hydrogen-bond acceptors (Lipinski definition) is 5. The van der Waals surface area contributed by atoms with Crippen LogP contribution in [0.2, 0.25) is 0 Å². The van der Waals surface area contributed by atoms with Gasteiger partial charge >= 0.3 is 0 Å². The van der Waals surface area contributed by atoms with E-state index in [0.29, 0.717) is 11.8 Å². The molecule has 6 nitrogen and oxygen atoms in total. The van der Waals surface area contributed by atoms with E-state index in [-0.39, 0.29) is 5.54 Å². The van der Waals surface area contributed by atoms with E-state index in [2.05, 4.69) is 27.0 Å². The number of nitrogens with zero attached hydrogens (tertiary/aromatic N) is 3. The van der Waals surface area contributed by atoms with Crippen molar-refractivity contribution in [2.24, 2.45) is 11.7 Å². The van der Waals surface area contributed by atoms with Gasteiger partial charge in [0.1, 0.15) is 11.5 Å². The molecule has 2 saturated carbocycles. The summed E-state index contributed by atoms with van der Waals surface area (Å²) in [6.07, 6.45) is 8.43. The molecule has 0 spiro atoms. The van der Waals surface area contributed by atoms with Gasteiger partial charge in [-0.05, 0) is 44.4 Å². The quantitative estimate of drug-likeness (QED) is 0.905. The van der Waals surface area contributed by atoms with Crippen molar-refractivity contribution in [2.75, 3.05) is 0 Å². The largest absolute Gasteiger partial charge is 0.336 e. The Labute approximate surface area is 123 Å². The van der Waals surface area contributed by atoms with Gasteiger partial charge in [0.2, 0.25) is 0 Å². The maximum atomic E-state index is 6.28. The standard InChI is InChI=1S/C15H21N5O/c1-9-3-4-10(7-9)12-19-13(21-20-12)11-8-17-14(18-11)15(16)5-2-6-15/h8-10H,2-7,16H2,1H3,(H,17,18). The fourth-order valence-electron chi connectivity index (χ4n) is 3.43. The summed E-state index contributed by atoms with van der Waals surface area (Å²) in [4.78, 5) is 12.2. The Morgan fingerprint density at radius 1 is 1.38 bits per heavy atom. The van der Waals surface area contributed by atoms with Crippen molar-refractivity contribution in [3.8, 4) is 11.6 Å². The fourth-order valence-corrected chi connectivity index (χ4v) is 3.43. The predicted octanol–water partition coefficient (Wildman–Crippen LogP) is 2.70. The molecule has 2 aliphatic carbocycles. The zero-order valence-electron chi connectivity index (χ0n) is 12.3. The second-order valence-corrected chi connectivity index (χ2v) is 6.73. The Hall–Kier alpha value is -1.69. The van der Waals surface area contributed by atoms with Gasteiger partial charge in [0.15, 0.2) is 5.82 Å². The lowest BCUT2D eigenvalue weighted by Crippen LogP contribution is -2.44. The number of nitrogens with one attached hydrogen (secondary N) is 1. The Bertz CT molecular complexity index is 642. The molecule has 2 heterocycles. The van der Waals surface area contributed by atoms with Gasteiger partial charge in [-0.3, -0.25) is 0 Å². The Balaban J connectivity index is 1.55. The van der Waals surface area contributed by atoms with Crippen LogP contribution in [0.1, 0.15) is 63.0 Å². The Morgan fingerprint density at radius 2 is 2.24 bits per heavy atom. The predicted molar refractivity (Wildman–Crippen MR) is 77.4 cm³/mol. The van der Waals surface area contributed by atoms with Gasteiger partial charge < -0.3 is 15.2 Å². The number of aromatic nitrogens is 4. The molecule has 0 aliphatic heterocycles. The molecule has 2 fully saturated rings. The first-order chi connectivity index (χ1) is 10.1. The van der Waals surface area contributed by atoms with Gasteiger partial charge in [0, 0.05) is 5.92 Å². The zero-order chi connectivity index (χ0) is 14.4. The number of rotatable bonds is 3. The van der Waals surface area contributed by atoms with Crippen LogP contribution >= 0.6 is 0 Å². The molecule has 2 aromatic rings. The van der Waals surface area contributed by atoms with Crippen LogP contribution < -0.4 is 5.73 Å². The first kappa shape index (κ1) is 13.0. The molecule has 0 bridgehead atoms. The van der Waals surface area contributed by atoms with Crippen LogP contribution in [-0.2, 0) is 5.54 Å². The highest BCUT2D eigenvalue weighted by molar-refractivity contribution is 5.45. The maximum absolute atomic E-state index is 6.28. The fraction of sp³-hybridized carbons (Fsp3) is 0.667. The van der Waals surface area contributed by atoms with E-state index in [1.807, 2.05) is 0 Å².